The molecule has 2 N–H and O–H groups in total. The summed E-state index contributed by atoms with van der Waals surface area (Å²) in [5.74, 6) is 0.998. The summed E-state index contributed by atoms with van der Waals surface area (Å²) >= 11 is 2.85. The number of anilines is 1. The molecule has 3 heterocycles. The summed E-state index contributed by atoms with van der Waals surface area (Å²) in [7, 11) is 0. The fraction of sp³-hybridized carbons (Fsp3) is 0.200. The van der Waals surface area contributed by atoms with Crippen molar-refractivity contribution in [1.82, 2.24) is 24.7 Å². The van der Waals surface area contributed by atoms with Gasteiger partial charge in [0.15, 0.2) is 16.1 Å². The molecule has 7 nitrogen and oxygen atoms in total. The van der Waals surface area contributed by atoms with E-state index in [0.717, 1.165) is 51.5 Å². The number of aromatic nitrogens is 5. The van der Waals surface area contributed by atoms with Gasteiger partial charge in [0.05, 0.1) is 11.4 Å². The first-order valence-electron chi connectivity index (χ1n) is 11.1. The number of rotatable bonds is 7. The van der Waals surface area contributed by atoms with Crippen LogP contribution >= 0.6 is 23.1 Å². The smallest absolute Gasteiger partial charge is 0.236 e. The van der Waals surface area contributed by atoms with E-state index in [2.05, 4.69) is 61.2 Å². The van der Waals surface area contributed by atoms with Crippen molar-refractivity contribution in [1.29, 1.82) is 0 Å². The van der Waals surface area contributed by atoms with Crippen LogP contribution in [0.15, 0.2) is 65.3 Å². The molecule has 6 rings (SSSR count). The molecule has 0 radical (unpaired) electrons. The summed E-state index contributed by atoms with van der Waals surface area (Å²) in [4.78, 5) is 20.5. The van der Waals surface area contributed by atoms with Crippen LogP contribution in [0.4, 0.5) is 5.13 Å². The predicted octanol–water partition coefficient (Wildman–Crippen LogP) is 5.92. The van der Waals surface area contributed by atoms with Gasteiger partial charge in [0.2, 0.25) is 5.91 Å². The summed E-state index contributed by atoms with van der Waals surface area (Å²) in [6.45, 7) is 2.06. The molecular formula is C25H22N6OS2. The Morgan fingerprint density at radius 2 is 2.00 bits per heavy atom. The van der Waals surface area contributed by atoms with Gasteiger partial charge < -0.3 is 10.3 Å². The second-order valence-corrected chi connectivity index (χ2v) is 10.2. The monoisotopic (exact) mass is 486 g/mol. The van der Waals surface area contributed by atoms with Crippen molar-refractivity contribution in [3.05, 3.63) is 65.7 Å². The minimum absolute atomic E-state index is 0.103. The Morgan fingerprint density at radius 3 is 2.82 bits per heavy atom. The average Bonchev–Trinajstić information content (AvgIpc) is 3.24. The van der Waals surface area contributed by atoms with E-state index in [9.17, 15) is 4.79 Å². The molecule has 2 aromatic carbocycles. The van der Waals surface area contributed by atoms with Crippen molar-refractivity contribution in [3.63, 3.8) is 0 Å². The number of hydrogen-bond acceptors (Lipinski definition) is 6. The summed E-state index contributed by atoms with van der Waals surface area (Å²) < 4.78 is 2.19. The fourth-order valence-electron chi connectivity index (χ4n) is 3.95. The number of aryl methyl sites for hydroxylation is 1. The zero-order chi connectivity index (χ0) is 23.1. The van der Waals surface area contributed by atoms with Gasteiger partial charge in [0.1, 0.15) is 0 Å². The summed E-state index contributed by atoms with van der Waals surface area (Å²) in [6, 6.07) is 16.8. The van der Waals surface area contributed by atoms with Gasteiger partial charge in [-0.15, -0.1) is 21.5 Å². The van der Waals surface area contributed by atoms with Crippen molar-refractivity contribution < 1.29 is 4.79 Å². The maximum absolute atomic E-state index is 12.7. The van der Waals surface area contributed by atoms with Gasteiger partial charge in [-0.1, -0.05) is 59.8 Å². The molecule has 0 bridgehead atoms. The fourth-order valence-corrected chi connectivity index (χ4v) is 5.49. The quantitative estimate of drug-likeness (QED) is 0.279. The Kier molecular flexibility index (Phi) is 5.43. The van der Waals surface area contributed by atoms with Crippen LogP contribution in [0, 0.1) is 6.92 Å². The van der Waals surface area contributed by atoms with E-state index in [1.54, 1.807) is 0 Å². The third-order valence-electron chi connectivity index (χ3n) is 5.84. The topological polar surface area (TPSA) is 88.5 Å². The minimum Gasteiger partial charge on any atom is -0.360 e. The number of thiazole rings is 1. The van der Waals surface area contributed by atoms with Crippen molar-refractivity contribution in [2.75, 3.05) is 11.1 Å². The molecule has 0 saturated heterocycles. The Hall–Kier alpha value is -3.43. The number of para-hydroxylation sites is 1. The second kappa shape index (κ2) is 8.73. The van der Waals surface area contributed by atoms with Crippen molar-refractivity contribution in [2.24, 2.45) is 0 Å². The lowest BCUT2D eigenvalue weighted by Gasteiger charge is -2.08. The molecule has 5 aromatic rings. The van der Waals surface area contributed by atoms with Gasteiger partial charge >= 0.3 is 0 Å². The zero-order valence-electron chi connectivity index (χ0n) is 18.5. The number of carbonyl (C=O) groups is 1. The first kappa shape index (κ1) is 21.1. The molecule has 0 unspecified atom stereocenters. The number of hydrogen-bond donors (Lipinski definition) is 2. The lowest BCUT2D eigenvalue weighted by molar-refractivity contribution is -0.113. The lowest BCUT2D eigenvalue weighted by atomic mass is 10.1. The molecule has 0 atom stereocenters. The standard InChI is InChI=1S/C25H22N6OS2/c1-15-6-8-16(9-7-15)21-13-33-24(27-21)28-22(32)14-34-25-30-29-23(31(25)17-10-11-17)19-12-26-20-5-3-2-4-18(19)20/h2-9,12-13,17,26H,10-11,14H2,1H3,(H,27,28,32). The number of benzene rings is 2. The predicted molar refractivity (Wildman–Crippen MR) is 137 cm³/mol. The second-order valence-electron chi connectivity index (χ2n) is 8.40. The van der Waals surface area contributed by atoms with Crippen LogP contribution in [0.2, 0.25) is 0 Å². The highest BCUT2D eigenvalue weighted by molar-refractivity contribution is 7.99. The molecule has 1 saturated carbocycles. The Bertz CT molecular complexity index is 1480. The van der Waals surface area contributed by atoms with Crippen LogP contribution in [0.25, 0.3) is 33.5 Å². The summed E-state index contributed by atoms with van der Waals surface area (Å²) in [5, 5.41) is 16.3. The van der Waals surface area contributed by atoms with Gasteiger partial charge in [0, 0.05) is 39.6 Å². The molecule has 34 heavy (non-hydrogen) atoms. The largest absolute Gasteiger partial charge is 0.360 e. The first-order chi connectivity index (χ1) is 16.7. The van der Waals surface area contributed by atoms with Crippen LogP contribution in [-0.4, -0.2) is 36.4 Å². The molecule has 1 amide bonds. The van der Waals surface area contributed by atoms with E-state index in [-0.39, 0.29) is 11.7 Å². The molecule has 1 aliphatic rings. The number of nitrogens with zero attached hydrogens (tertiary/aromatic N) is 4. The highest BCUT2D eigenvalue weighted by atomic mass is 32.2. The third kappa shape index (κ3) is 4.12. The van der Waals surface area contributed by atoms with Crippen molar-refractivity contribution >= 4 is 45.0 Å². The van der Waals surface area contributed by atoms with E-state index in [1.807, 2.05) is 35.8 Å². The number of aromatic amines is 1. The van der Waals surface area contributed by atoms with E-state index >= 15 is 0 Å². The van der Waals surface area contributed by atoms with Gasteiger partial charge in [-0.25, -0.2) is 4.98 Å². The maximum atomic E-state index is 12.7. The highest BCUT2D eigenvalue weighted by Crippen LogP contribution is 2.42. The molecule has 0 spiro atoms. The molecule has 1 aliphatic carbocycles. The maximum Gasteiger partial charge on any atom is 0.236 e. The van der Waals surface area contributed by atoms with Crippen LogP contribution < -0.4 is 5.32 Å². The number of amides is 1. The summed E-state index contributed by atoms with van der Waals surface area (Å²) in [6.07, 6.45) is 4.20. The number of thioether (sulfide) groups is 1. The molecular weight excluding hydrogens is 464 g/mol. The van der Waals surface area contributed by atoms with E-state index < -0.39 is 0 Å². The van der Waals surface area contributed by atoms with Crippen LogP contribution in [0.3, 0.4) is 0 Å². The van der Waals surface area contributed by atoms with Gasteiger partial charge in [0.25, 0.3) is 0 Å². The Labute approximate surface area is 204 Å². The minimum atomic E-state index is -0.103. The lowest BCUT2D eigenvalue weighted by Crippen LogP contribution is -2.14. The van der Waals surface area contributed by atoms with Gasteiger partial charge in [-0.05, 0) is 25.8 Å². The van der Waals surface area contributed by atoms with E-state index in [4.69, 9.17) is 0 Å². The molecule has 1 fully saturated rings. The average molecular weight is 487 g/mol. The van der Waals surface area contributed by atoms with Crippen molar-refractivity contribution in [2.45, 2.75) is 31.0 Å². The number of nitrogens with one attached hydrogen (secondary N) is 2. The number of carbonyl (C=O) groups excluding carboxylic acids is 1. The van der Waals surface area contributed by atoms with Crippen LogP contribution in [0.1, 0.15) is 24.4 Å². The van der Waals surface area contributed by atoms with Gasteiger partial charge in [-0.3, -0.25) is 9.36 Å². The normalized spacial score (nSPS) is 13.4. The molecule has 170 valence electrons. The Balaban J connectivity index is 1.16. The summed E-state index contributed by atoms with van der Waals surface area (Å²) in [5.41, 5.74) is 5.22. The van der Waals surface area contributed by atoms with E-state index in [1.165, 1.54) is 28.7 Å². The molecule has 9 heteroatoms. The molecule has 0 aliphatic heterocycles. The first-order valence-corrected chi connectivity index (χ1v) is 13.0. The zero-order valence-corrected chi connectivity index (χ0v) is 20.1. The van der Waals surface area contributed by atoms with Gasteiger partial charge in [-0.2, -0.15) is 0 Å². The third-order valence-corrected chi connectivity index (χ3v) is 7.54. The molecule has 3 aromatic heterocycles. The van der Waals surface area contributed by atoms with Crippen molar-refractivity contribution in [3.8, 4) is 22.6 Å². The highest BCUT2D eigenvalue weighted by Gasteiger charge is 2.31. The SMILES string of the molecule is Cc1ccc(-c2csc(NC(=O)CSc3nnc(-c4c[nH]c5ccccc45)n3C3CC3)n2)cc1. The van der Waals surface area contributed by atoms with E-state index in [0.29, 0.717) is 11.2 Å². The van der Waals surface area contributed by atoms with Crippen LogP contribution in [0.5, 0.6) is 0 Å². The number of H-pyrrole nitrogens is 1. The number of fused-ring (bicyclic) bond motifs is 1. The van der Waals surface area contributed by atoms with Crippen LogP contribution in [-0.2, 0) is 4.79 Å². The Morgan fingerprint density at radius 1 is 1.18 bits per heavy atom.